The molecule has 4 heteroatoms. The number of nitrogens with zero attached hydrogens (tertiary/aromatic N) is 1. The first-order valence-electron chi connectivity index (χ1n) is 7.23. The maximum atomic E-state index is 12.1. The van der Waals surface area contributed by atoms with Gasteiger partial charge in [0.25, 0.3) is 5.91 Å². The van der Waals surface area contributed by atoms with Crippen LogP contribution in [-0.4, -0.2) is 23.5 Å². The molecular weight excluding hydrogens is 238 g/mol. The summed E-state index contributed by atoms with van der Waals surface area (Å²) in [6.45, 7) is 7.18. The van der Waals surface area contributed by atoms with Gasteiger partial charge < -0.3 is 10.6 Å². The molecule has 0 aliphatic carbocycles. The summed E-state index contributed by atoms with van der Waals surface area (Å²) in [6, 6.07) is 5.74. The van der Waals surface area contributed by atoms with Crippen molar-refractivity contribution < 1.29 is 4.79 Å². The van der Waals surface area contributed by atoms with Crippen molar-refractivity contribution in [2.75, 3.05) is 11.9 Å². The van der Waals surface area contributed by atoms with Crippen molar-refractivity contribution in [3.63, 3.8) is 0 Å². The molecule has 1 atom stereocenters. The van der Waals surface area contributed by atoms with Gasteiger partial charge in [0.2, 0.25) is 0 Å². The van der Waals surface area contributed by atoms with E-state index in [-0.39, 0.29) is 11.9 Å². The third-order valence-electron chi connectivity index (χ3n) is 3.00. The molecule has 0 aromatic carbocycles. The highest BCUT2D eigenvalue weighted by Crippen LogP contribution is 2.07. The minimum atomic E-state index is -0.0829. The van der Waals surface area contributed by atoms with Crippen LogP contribution in [0.1, 0.15) is 56.9 Å². The van der Waals surface area contributed by atoms with Crippen molar-refractivity contribution >= 4 is 11.7 Å². The zero-order chi connectivity index (χ0) is 14.1. The maximum absolute atomic E-state index is 12.1. The maximum Gasteiger partial charge on any atom is 0.270 e. The van der Waals surface area contributed by atoms with E-state index in [4.69, 9.17) is 0 Å². The molecule has 1 aromatic rings. The molecule has 4 nitrogen and oxygen atoms in total. The average Bonchev–Trinajstić information content (AvgIpc) is 2.44. The number of aromatic nitrogens is 1. The fourth-order valence-electron chi connectivity index (χ4n) is 1.90. The molecular formula is C15H25N3O. The van der Waals surface area contributed by atoms with E-state index in [0.717, 1.165) is 38.0 Å². The Morgan fingerprint density at radius 1 is 1.26 bits per heavy atom. The van der Waals surface area contributed by atoms with Gasteiger partial charge in [0.1, 0.15) is 11.5 Å². The molecule has 0 aliphatic rings. The number of hydrogen-bond acceptors (Lipinski definition) is 3. The van der Waals surface area contributed by atoms with Gasteiger partial charge in [0.05, 0.1) is 0 Å². The lowest BCUT2D eigenvalue weighted by molar-refractivity contribution is 0.0929. The van der Waals surface area contributed by atoms with Crippen LogP contribution in [0.5, 0.6) is 0 Å². The monoisotopic (exact) mass is 263 g/mol. The Morgan fingerprint density at radius 3 is 2.68 bits per heavy atom. The summed E-state index contributed by atoms with van der Waals surface area (Å²) in [5.74, 6) is 0.679. The van der Waals surface area contributed by atoms with Gasteiger partial charge in [-0.25, -0.2) is 4.98 Å². The first-order valence-corrected chi connectivity index (χ1v) is 7.23. The highest BCUT2D eigenvalue weighted by molar-refractivity contribution is 5.92. The van der Waals surface area contributed by atoms with Gasteiger partial charge in [0, 0.05) is 12.6 Å². The third kappa shape index (κ3) is 5.28. The van der Waals surface area contributed by atoms with Crippen LogP contribution in [0.2, 0.25) is 0 Å². The van der Waals surface area contributed by atoms with Crippen LogP contribution >= 0.6 is 0 Å². The quantitative estimate of drug-likeness (QED) is 0.757. The van der Waals surface area contributed by atoms with Crippen molar-refractivity contribution in [3.8, 4) is 0 Å². The molecule has 0 fully saturated rings. The normalized spacial score (nSPS) is 11.9. The summed E-state index contributed by atoms with van der Waals surface area (Å²) in [7, 11) is 0. The zero-order valence-electron chi connectivity index (χ0n) is 12.2. The molecule has 2 N–H and O–H groups in total. The van der Waals surface area contributed by atoms with E-state index >= 15 is 0 Å². The van der Waals surface area contributed by atoms with Gasteiger partial charge in [-0.2, -0.15) is 0 Å². The van der Waals surface area contributed by atoms with Crippen LogP contribution in [0.15, 0.2) is 18.2 Å². The Hall–Kier alpha value is -1.58. The number of carbonyl (C=O) groups is 1. The Kier molecular flexibility index (Phi) is 6.93. The number of hydrogen-bond donors (Lipinski definition) is 2. The van der Waals surface area contributed by atoms with E-state index < -0.39 is 0 Å². The number of nitrogens with one attached hydrogen (secondary N) is 2. The van der Waals surface area contributed by atoms with Crippen LogP contribution in [0, 0.1) is 0 Å². The first-order chi connectivity index (χ1) is 9.21. The summed E-state index contributed by atoms with van der Waals surface area (Å²) >= 11 is 0. The smallest absolute Gasteiger partial charge is 0.270 e. The predicted octanol–water partition coefficient (Wildman–Crippen LogP) is 3.21. The van der Waals surface area contributed by atoms with Crippen LogP contribution in [0.25, 0.3) is 0 Å². The minimum Gasteiger partial charge on any atom is -0.370 e. The van der Waals surface area contributed by atoms with Gasteiger partial charge in [-0.15, -0.1) is 0 Å². The van der Waals surface area contributed by atoms with Crippen molar-refractivity contribution in [1.82, 2.24) is 10.3 Å². The molecule has 19 heavy (non-hydrogen) atoms. The minimum absolute atomic E-state index is 0.0829. The Balaban J connectivity index is 2.65. The number of carbonyl (C=O) groups excluding carboxylic acids is 1. The lowest BCUT2D eigenvalue weighted by Gasteiger charge is -2.16. The molecule has 1 rings (SSSR count). The van der Waals surface area contributed by atoms with E-state index in [1.54, 1.807) is 6.07 Å². The van der Waals surface area contributed by atoms with Crippen LogP contribution < -0.4 is 10.6 Å². The van der Waals surface area contributed by atoms with Gasteiger partial charge in [0.15, 0.2) is 0 Å². The summed E-state index contributed by atoms with van der Waals surface area (Å²) in [4.78, 5) is 16.4. The molecule has 1 aromatic heterocycles. The molecule has 0 bridgehead atoms. The summed E-state index contributed by atoms with van der Waals surface area (Å²) in [5.41, 5.74) is 0.482. The SMILES string of the molecule is CCCNc1cccc(C(=O)NC(CC)CCC)n1. The Labute approximate surface area is 116 Å². The second-order valence-corrected chi connectivity index (χ2v) is 4.70. The lowest BCUT2D eigenvalue weighted by atomic mass is 10.1. The van der Waals surface area contributed by atoms with Crippen molar-refractivity contribution in [3.05, 3.63) is 23.9 Å². The standard InChI is InChI=1S/C15H25N3O/c1-4-8-12(6-3)17-15(19)13-9-7-10-14(18-13)16-11-5-2/h7,9-10,12H,4-6,8,11H2,1-3H3,(H,16,18)(H,17,19). The van der Waals surface area contributed by atoms with Crippen molar-refractivity contribution in [2.24, 2.45) is 0 Å². The van der Waals surface area contributed by atoms with Crippen LogP contribution in [0.4, 0.5) is 5.82 Å². The predicted molar refractivity (Wildman–Crippen MR) is 79.5 cm³/mol. The summed E-state index contributed by atoms with van der Waals surface area (Å²) in [6.07, 6.45) is 4.07. The number of rotatable bonds is 8. The second kappa shape index (κ2) is 8.51. The highest BCUT2D eigenvalue weighted by atomic mass is 16.1. The van der Waals surface area contributed by atoms with Crippen LogP contribution in [-0.2, 0) is 0 Å². The molecule has 1 heterocycles. The zero-order valence-corrected chi connectivity index (χ0v) is 12.2. The molecule has 1 amide bonds. The molecule has 0 radical (unpaired) electrons. The van der Waals surface area contributed by atoms with E-state index in [2.05, 4.69) is 36.4 Å². The lowest BCUT2D eigenvalue weighted by Crippen LogP contribution is -2.34. The van der Waals surface area contributed by atoms with Crippen LogP contribution in [0.3, 0.4) is 0 Å². The van der Waals surface area contributed by atoms with Gasteiger partial charge in [-0.05, 0) is 31.4 Å². The third-order valence-corrected chi connectivity index (χ3v) is 3.00. The van der Waals surface area contributed by atoms with Crippen molar-refractivity contribution in [2.45, 2.75) is 52.5 Å². The van der Waals surface area contributed by atoms with E-state index in [1.165, 1.54) is 0 Å². The van der Waals surface area contributed by atoms with E-state index in [9.17, 15) is 4.79 Å². The summed E-state index contributed by atoms with van der Waals surface area (Å²) in [5, 5.41) is 6.23. The topological polar surface area (TPSA) is 54.0 Å². The second-order valence-electron chi connectivity index (χ2n) is 4.70. The Bertz CT molecular complexity index is 393. The fraction of sp³-hybridized carbons (Fsp3) is 0.600. The fourth-order valence-corrected chi connectivity index (χ4v) is 1.90. The number of amides is 1. The van der Waals surface area contributed by atoms with Gasteiger partial charge in [-0.3, -0.25) is 4.79 Å². The van der Waals surface area contributed by atoms with E-state index in [0.29, 0.717) is 5.69 Å². The van der Waals surface area contributed by atoms with Crippen molar-refractivity contribution in [1.29, 1.82) is 0 Å². The molecule has 1 unspecified atom stereocenters. The van der Waals surface area contributed by atoms with E-state index in [1.807, 2.05) is 12.1 Å². The largest absolute Gasteiger partial charge is 0.370 e. The molecule has 0 saturated heterocycles. The van der Waals surface area contributed by atoms with Gasteiger partial charge in [-0.1, -0.05) is 33.3 Å². The highest BCUT2D eigenvalue weighted by Gasteiger charge is 2.12. The number of anilines is 1. The molecule has 0 spiro atoms. The average molecular weight is 263 g/mol. The van der Waals surface area contributed by atoms with Gasteiger partial charge >= 0.3 is 0 Å². The number of pyridine rings is 1. The molecule has 0 aliphatic heterocycles. The summed E-state index contributed by atoms with van der Waals surface area (Å²) < 4.78 is 0. The first kappa shape index (κ1) is 15.5. The molecule has 0 saturated carbocycles. The Morgan fingerprint density at radius 2 is 2.05 bits per heavy atom. The molecule has 106 valence electrons.